The Hall–Kier alpha value is -3.01. The van der Waals surface area contributed by atoms with Gasteiger partial charge in [0.15, 0.2) is 5.69 Å². The number of hydrogen-bond donors (Lipinski definition) is 0. The number of ether oxygens (including phenoxy) is 1. The van der Waals surface area contributed by atoms with Crippen molar-refractivity contribution >= 4 is 33.3 Å². The molecule has 0 aliphatic heterocycles. The number of aromatic nitrogens is 2. The number of aryl methyl sites for hydroxylation is 2. The first kappa shape index (κ1) is 20.3. The first-order valence-electron chi connectivity index (χ1n) is 9.49. The molecule has 0 aliphatic rings. The maximum absolute atomic E-state index is 12.1. The minimum absolute atomic E-state index is 0. The summed E-state index contributed by atoms with van der Waals surface area (Å²) in [7, 11) is 1.37. The van der Waals surface area contributed by atoms with Crippen molar-refractivity contribution in [1.29, 1.82) is 0 Å². The van der Waals surface area contributed by atoms with Gasteiger partial charge in [-0.25, -0.2) is 4.79 Å². The normalized spacial score (nSPS) is 11.0. The molecule has 0 saturated heterocycles. The standard InChI is InChI=1S/C25H19N2O2.Ir/c1-15-8-6-9-16(2)22(15)18-11-7-12-19-23(18)17-10-4-5-13-21(17)27-14-20(25(28)29-3)26-24(19)27;/h4-11,13-14H,1-3H3;/q-1;. The zero-order valence-corrected chi connectivity index (χ0v) is 19.2. The fourth-order valence-electron chi connectivity index (χ4n) is 4.24. The molecule has 30 heavy (non-hydrogen) atoms. The molecule has 2 aromatic heterocycles. The Kier molecular flexibility index (Phi) is 5.18. The van der Waals surface area contributed by atoms with E-state index in [0.717, 1.165) is 27.2 Å². The Balaban J connectivity index is 0.00000218. The number of carbonyl (C=O) groups is 1. The minimum Gasteiger partial charge on any atom is -0.464 e. The molecule has 0 amide bonds. The minimum atomic E-state index is -0.447. The van der Waals surface area contributed by atoms with Crippen LogP contribution in [0.3, 0.4) is 0 Å². The van der Waals surface area contributed by atoms with E-state index in [-0.39, 0.29) is 25.8 Å². The molecule has 0 unspecified atom stereocenters. The Bertz CT molecular complexity index is 1420. The van der Waals surface area contributed by atoms with Crippen LogP contribution >= 0.6 is 0 Å². The number of nitrogens with zero attached hydrogens (tertiary/aromatic N) is 2. The van der Waals surface area contributed by atoms with E-state index in [1.807, 2.05) is 28.7 Å². The number of imidazole rings is 1. The molecule has 151 valence electrons. The second-order valence-electron chi connectivity index (χ2n) is 7.24. The molecular formula is C25H19IrN2O2-. The molecule has 2 heterocycles. The Labute approximate surface area is 187 Å². The van der Waals surface area contributed by atoms with Crippen LogP contribution in [0.4, 0.5) is 0 Å². The second kappa shape index (κ2) is 7.67. The summed E-state index contributed by atoms with van der Waals surface area (Å²) >= 11 is 0. The van der Waals surface area contributed by atoms with Crippen LogP contribution in [0.15, 0.2) is 60.8 Å². The van der Waals surface area contributed by atoms with Gasteiger partial charge in [0.25, 0.3) is 0 Å². The number of hydrogen-bond acceptors (Lipinski definition) is 3. The van der Waals surface area contributed by atoms with Crippen LogP contribution in [0, 0.1) is 19.9 Å². The average molecular weight is 572 g/mol. The number of carbonyl (C=O) groups excluding carboxylic acids is 1. The number of pyridine rings is 1. The topological polar surface area (TPSA) is 43.6 Å². The van der Waals surface area contributed by atoms with Gasteiger partial charge >= 0.3 is 5.97 Å². The molecule has 0 fully saturated rings. The average Bonchev–Trinajstić information content (AvgIpc) is 3.19. The van der Waals surface area contributed by atoms with Gasteiger partial charge in [-0.05, 0) is 42.0 Å². The molecule has 3 aromatic carbocycles. The summed E-state index contributed by atoms with van der Waals surface area (Å²) in [6, 6.07) is 22.0. The largest absolute Gasteiger partial charge is 0.464 e. The van der Waals surface area contributed by atoms with Crippen molar-refractivity contribution in [3.63, 3.8) is 0 Å². The maximum atomic E-state index is 12.1. The Morgan fingerprint density at radius 1 is 1.03 bits per heavy atom. The summed E-state index contributed by atoms with van der Waals surface area (Å²) in [5.41, 5.74) is 6.80. The van der Waals surface area contributed by atoms with Crippen LogP contribution in [-0.4, -0.2) is 22.5 Å². The third kappa shape index (κ3) is 2.94. The molecule has 0 aliphatic carbocycles. The monoisotopic (exact) mass is 572 g/mol. The molecule has 5 rings (SSSR count). The van der Waals surface area contributed by atoms with Gasteiger partial charge in [0.05, 0.1) is 12.8 Å². The molecule has 0 atom stereocenters. The van der Waals surface area contributed by atoms with Crippen molar-refractivity contribution in [3.05, 3.63) is 83.7 Å². The van der Waals surface area contributed by atoms with Gasteiger partial charge in [0.2, 0.25) is 0 Å². The smallest absolute Gasteiger partial charge is 0.357 e. The Morgan fingerprint density at radius 2 is 1.77 bits per heavy atom. The number of fused-ring (bicyclic) bond motifs is 6. The number of para-hydroxylation sites is 1. The van der Waals surface area contributed by atoms with Crippen LogP contribution in [0.25, 0.3) is 38.4 Å². The predicted molar refractivity (Wildman–Crippen MR) is 115 cm³/mol. The van der Waals surface area contributed by atoms with Crippen molar-refractivity contribution in [2.24, 2.45) is 0 Å². The Morgan fingerprint density at radius 3 is 2.50 bits per heavy atom. The number of benzene rings is 3. The first-order chi connectivity index (χ1) is 14.1. The third-order valence-corrected chi connectivity index (χ3v) is 5.50. The van der Waals surface area contributed by atoms with Gasteiger partial charge < -0.3 is 9.14 Å². The van der Waals surface area contributed by atoms with Gasteiger partial charge in [0.1, 0.15) is 0 Å². The summed E-state index contributed by atoms with van der Waals surface area (Å²) < 4.78 is 6.84. The van der Waals surface area contributed by atoms with E-state index < -0.39 is 5.97 Å². The number of esters is 1. The predicted octanol–water partition coefficient (Wildman–Crippen LogP) is 5.51. The fourth-order valence-corrected chi connectivity index (χ4v) is 4.24. The molecule has 0 saturated carbocycles. The van der Waals surface area contributed by atoms with Crippen LogP contribution in [0.1, 0.15) is 21.6 Å². The summed E-state index contributed by atoms with van der Waals surface area (Å²) in [6.45, 7) is 4.27. The summed E-state index contributed by atoms with van der Waals surface area (Å²) in [5.74, 6) is -0.447. The fraction of sp³-hybridized carbons (Fsp3) is 0.120. The van der Waals surface area contributed by atoms with E-state index in [1.54, 1.807) is 6.20 Å². The van der Waals surface area contributed by atoms with E-state index in [4.69, 9.17) is 4.74 Å². The van der Waals surface area contributed by atoms with Crippen molar-refractivity contribution in [1.82, 2.24) is 9.38 Å². The van der Waals surface area contributed by atoms with E-state index in [1.165, 1.54) is 23.8 Å². The van der Waals surface area contributed by atoms with Crippen LogP contribution in [-0.2, 0) is 24.8 Å². The second-order valence-corrected chi connectivity index (χ2v) is 7.24. The summed E-state index contributed by atoms with van der Waals surface area (Å²) in [5, 5.41) is 3.08. The third-order valence-electron chi connectivity index (χ3n) is 5.50. The van der Waals surface area contributed by atoms with Crippen LogP contribution < -0.4 is 0 Å². The molecule has 0 N–H and O–H groups in total. The molecule has 0 bridgehead atoms. The van der Waals surface area contributed by atoms with E-state index in [0.29, 0.717) is 5.65 Å². The summed E-state index contributed by atoms with van der Waals surface area (Å²) in [6.07, 6.45) is 1.74. The number of rotatable bonds is 2. The van der Waals surface area contributed by atoms with Crippen molar-refractivity contribution in [2.45, 2.75) is 13.8 Å². The van der Waals surface area contributed by atoms with Crippen molar-refractivity contribution in [2.75, 3.05) is 7.11 Å². The van der Waals surface area contributed by atoms with E-state index in [9.17, 15) is 4.79 Å². The summed E-state index contributed by atoms with van der Waals surface area (Å²) in [4.78, 5) is 16.7. The molecule has 5 heteroatoms. The van der Waals surface area contributed by atoms with Crippen molar-refractivity contribution in [3.8, 4) is 11.1 Å². The van der Waals surface area contributed by atoms with E-state index >= 15 is 0 Å². The van der Waals surface area contributed by atoms with Crippen LogP contribution in [0.5, 0.6) is 0 Å². The molecule has 4 nitrogen and oxygen atoms in total. The van der Waals surface area contributed by atoms with Crippen LogP contribution in [0.2, 0.25) is 0 Å². The maximum Gasteiger partial charge on any atom is 0.357 e. The first-order valence-corrected chi connectivity index (χ1v) is 9.49. The van der Waals surface area contributed by atoms with Crippen molar-refractivity contribution < 1.29 is 29.6 Å². The van der Waals surface area contributed by atoms with E-state index in [2.05, 4.69) is 55.2 Å². The van der Waals surface area contributed by atoms with Gasteiger partial charge in [-0.2, -0.15) is 0 Å². The van der Waals surface area contributed by atoms with Gasteiger partial charge in [0, 0.05) is 31.8 Å². The van der Waals surface area contributed by atoms with Gasteiger partial charge in [-0.1, -0.05) is 52.7 Å². The quantitative estimate of drug-likeness (QED) is 0.160. The molecular weight excluding hydrogens is 553 g/mol. The van der Waals surface area contributed by atoms with Gasteiger partial charge in [-0.3, -0.25) is 4.98 Å². The molecule has 0 spiro atoms. The molecule has 5 aromatic rings. The van der Waals surface area contributed by atoms with Gasteiger partial charge in [-0.15, -0.1) is 18.2 Å². The SMILES string of the molecule is COC(=O)c1cn2c3ccccc3c3c(-c4c(C)cccc4C)cc[c-]c3c2n1.[Ir]. The zero-order chi connectivity index (χ0) is 20.1. The zero-order valence-electron chi connectivity index (χ0n) is 16.8. The molecule has 1 radical (unpaired) electrons. The number of methoxy groups -OCH3 is 1.